The quantitative estimate of drug-likeness (QED) is 0.803. The molecule has 104 valence electrons. The Bertz CT molecular complexity index is 491. The number of hydrogen-bond acceptors (Lipinski definition) is 3. The van der Waals surface area contributed by atoms with Gasteiger partial charge >= 0.3 is 0 Å². The number of likely N-dealkylation sites (N-methyl/N-ethyl adjacent to an activating group) is 1. The fraction of sp³-hybridized carbons (Fsp3) is 0.417. The number of rotatable bonds is 4. The Hall–Kier alpha value is -1.60. The van der Waals surface area contributed by atoms with Crippen molar-refractivity contribution in [3.8, 4) is 0 Å². The number of halogens is 3. The van der Waals surface area contributed by atoms with Crippen LogP contribution in [0.25, 0.3) is 0 Å². The standard InChI is InChI=1S/C12H14F3N3O/c1-18(7-4-16-5-7)6-10(19)17-9-3-2-8(13)11(14)12(9)15/h2-3,7,16H,4-6H2,1H3,(H,17,19). The summed E-state index contributed by atoms with van der Waals surface area (Å²) >= 11 is 0. The van der Waals surface area contributed by atoms with Gasteiger partial charge in [-0.25, -0.2) is 13.2 Å². The summed E-state index contributed by atoms with van der Waals surface area (Å²) in [5.74, 6) is -4.73. The van der Waals surface area contributed by atoms with Crippen molar-refractivity contribution in [1.29, 1.82) is 0 Å². The summed E-state index contributed by atoms with van der Waals surface area (Å²) in [5.41, 5.74) is -0.357. The maximum atomic E-state index is 13.3. The van der Waals surface area contributed by atoms with E-state index in [9.17, 15) is 18.0 Å². The molecular formula is C12H14F3N3O. The number of amides is 1. The van der Waals surface area contributed by atoms with Gasteiger partial charge in [-0.1, -0.05) is 0 Å². The van der Waals surface area contributed by atoms with Crippen molar-refractivity contribution in [3.63, 3.8) is 0 Å². The molecule has 2 N–H and O–H groups in total. The van der Waals surface area contributed by atoms with Gasteiger partial charge in [0.1, 0.15) is 0 Å². The van der Waals surface area contributed by atoms with Crippen LogP contribution < -0.4 is 10.6 Å². The van der Waals surface area contributed by atoms with Crippen molar-refractivity contribution in [2.24, 2.45) is 0 Å². The van der Waals surface area contributed by atoms with E-state index < -0.39 is 23.4 Å². The number of nitrogens with zero attached hydrogens (tertiary/aromatic N) is 1. The van der Waals surface area contributed by atoms with Crippen molar-refractivity contribution < 1.29 is 18.0 Å². The van der Waals surface area contributed by atoms with E-state index in [2.05, 4.69) is 10.6 Å². The zero-order valence-electron chi connectivity index (χ0n) is 10.3. The first-order valence-electron chi connectivity index (χ1n) is 5.83. The van der Waals surface area contributed by atoms with Crippen LogP contribution in [-0.2, 0) is 4.79 Å². The molecule has 0 atom stereocenters. The number of anilines is 1. The Labute approximate surface area is 108 Å². The Morgan fingerprint density at radius 2 is 2.05 bits per heavy atom. The summed E-state index contributed by atoms with van der Waals surface area (Å²) < 4.78 is 39.0. The third-order valence-electron chi connectivity index (χ3n) is 3.09. The SMILES string of the molecule is CN(CC(=O)Nc1ccc(F)c(F)c1F)C1CNC1. The number of hydrogen-bond donors (Lipinski definition) is 2. The van der Waals surface area contributed by atoms with Crippen molar-refractivity contribution >= 4 is 11.6 Å². The molecule has 1 aromatic rings. The summed E-state index contributed by atoms with van der Waals surface area (Å²) in [6.07, 6.45) is 0. The highest BCUT2D eigenvalue weighted by Gasteiger charge is 2.23. The van der Waals surface area contributed by atoms with Crippen LogP contribution >= 0.6 is 0 Å². The highest BCUT2D eigenvalue weighted by molar-refractivity contribution is 5.92. The molecule has 1 amide bonds. The molecule has 1 aliphatic heterocycles. The topological polar surface area (TPSA) is 44.4 Å². The molecule has 0 saturated carbocycles. The van der Waals surface area contributed by atoms with Gasteiger partial charge in [0, 0.05) is 19.1 Å². The summed E-state index contributed by atoms with van der Waals surface area (Å²) in [5, 5.41) is 5.29. The van der Waals surface area contributed by atoms with Crippen molar-refractivity contribution in [2.75, 3.05) is 32.0 Å². The van der Waals surface area contributed by atoms with Gasteiger partial charge in [0.05, 0.1) is 12.2 Å². The normalized spacial score (nSPS) is 15.4. The second-order valence-electron chi connectivity index (χ2n) is 4.50. The first-order chi connectivity index (χ1) is 8.99. The van der Waals surface area contributed by atoms with Crippen LogP contribution in [0.1, 0.15) is 0 Å². The average molecular weight is 273 g/mol. The minimum atomic E-state index is -1.59. The predicted molar refractivity (Wildman–Crippen MR) is 64.2 cm³/mol. The highest BCUT2D eigenvalue weighted by atomic mass is 19.2. The minimum Gasteiger partial charge on any atom is -0.322 e. The van der Waals surface area contributed by atoms with Crippen LogP contribution in [0.3, 0.4) is 0 Å². The fourth-order valence-corrected chi connectivity index (χ4v) is 1.75. The van der Waals surface area contributed by atoms with Crippen LogP contribution in [0.4, 0.5) is 18.9 Å². The lowest BCUT2D eigenvalue weighted by Gasteiger charge is -2.35. The van der Waals surface area contributed by atoms with Crippen LogP contribution in [0, 0.1) is 17.5 Å². The number of carbonyl (C=O) groups is 1. The third-order valence-corrected chi connectivity index (χ3v) is 3.09. The minimum absolute atomic E-state index is 0.0603. The zero-order chi connectivity index (χ0) is 14.0. The largest absolute Gasteiger partial charge is 0.322 e. The predicted octanol–water partition coefficient (Wildman–Crippen LogP) is 0.946. The summed E-state index contributed by atoms with van der Waals surface area (Å²) in [6, 6.07) is 2.03. The third kappa shape index (κ3) is 3.05. The smallest absolute Gasteiger partial charge is 0.238 e. The van der Waals surface area contributed by atoms with E-state index in [0.29, 0.717) is 0 Å². The van der Waals surface area contributed by atoms with Gasteiger partial charge in [-0.3, -0.25) is 9.69 Å². The molecule has 1 heterocycles. The fourth-order valence-electron chi connectivity index (χ4n) is 1.75. The van der Waals surface area contributed by atoms with E-state index in [-0.39, 0.29) is 18.3 Å². The lowest BCUT2D eigenvalue weighted by Crippen LogP contribution is -2.57. The molecule has 19 heavy (non-hydrogen) atoms. The molecular weight excluding hydrogens is 259 g/mol. The summed E-state index contributed by atoms with van der Waals surface area (Å²) in [6.45, 7) is 1.65. The molecule has 1 saturated heterocycles. The van der Waals surface area contributed by atoms with Crippen molar-refractivity contribution in [2.45, 2.75) is 6.04 Å². The molecule has 1 fully saturated rings. The van der Waals surface area contributed by atoms with E-state index in [0.717, 1.165) is 25.2 Å². The summed E-state index contributed by atoms with van der Waals surface area (Å²) in [4.78, 5) is 13.5. The van der Waals surface area contributed by atoms with Gasteiger partial charge in [0.2, 0.25) is 5.91 Å². The Morgan fingerprint density at radius 1 is 1.37 bits per heavy atom. The molecule has 0 radical (unpaired) electrons. The van der Waals surface area contributed by atoms with E-state index in [4.69, 9.17) is 0 Å². The lowest BCUT2D eigenvalue weighted by atomic mass is 10.1. The molecule has 4 nitrogen and oxygen atoms in total. The van der Waals surface area contributed by atoms with E-state index in [1.165, 1.54) is 0 Å². The lowest BCUT2D eigenvalue weighted by molar-refractivity contribution is -0.117. The molecule has 0 unspecified atom stereocenters. The van der Waals surface area contributed by atoms with Gasteiger partial charge in [0.25, 0.3) is 0 Å². The Kier molecular flexibility index (Phi) is 4.06. The zero-order valence-corrected chi connectivity index (χ0v) is 10.3. The van der Waals surface area contributed by atoms with Crippen molar-refractivity contribution in [3.05, 3.63) is 29.6 Å². The van der Waals surface area contributed by atoms with Gasteiger partial charge in [-0.2, -0.15) is 0 Å². The van der Waals surface area contributed by atoms with Crippen LogP contribution in [0.5, 0.6) is 0 Å². The molecule has 0 aliphatic carbocycles. The molecule has 1 aliphatic rings. The van der Waals surface area contributed by atoms with Gasteiger partial charge in [-0.05, 0) is 19.2 Å². The van der Waals surface area contributed by atoms with Crippen molar-refractivity contribution in [1.82, 2.24) is 10.2 Å². The van der Waals surface area contributed by atoms with E-state index >= 15 is 0 Å². The number of carbonyl (C=O) groups excluding carboxylic acids is 1. The Morgan fingerprint density at radius 3 is 2.63 bits per heavy atom. The summed E-state index contributed by atoms with van der Waals surface area (Å²) in [7, 11) is 1.77. The molecule has 1 aromatic carbocycles. The maximum Gasteiger partial charge on any atom is 0.238 e. The highest BCUT2D eigenvalue weighted by Crippen LogP contribution is 2.19. The Balaban J connectivity index is 1.97. The van der Waals surface area contributed by atoms with E-state index in [1.54, 1.807) is 7.05 Å². The first kappa shape index (κ1) is 13.8. The number of nitrogens with one attached hydrogen (secondary N) is 2. The molecule has 0 aromatic heterocycles. The molecule has 7 heteroatoms. The van der Waals surface area contributed by atoms with Gasteiger partial charge in [-0.15, -0.1) is 0 Å². The monoisotopic (exact) mass is 273 g/mol. The molecule has 0 bridgehead atoms. The van der Waals surface area contributed by atoms with Crippen LogP contribution in [0.2, 0.25) is 0 Å². The average Bonchev–Trinajstić information content (AvgIpc) is 2.27. The number of benzene rings is 1. The van der Waals surface area contributed by atoms with Gasteiger partial charge in [0.15, 0.2) is 17.5 Å². The molecule has 2 rings (SSSR count). The maximum absolute atomic E-state index is 13.3. The van der Waals surface area contributed by atoms with Crippen LogP contribution in [0.15, 0.2) is 12.1 Å². The second-order valence-corrected chi connectivity index (χ2v) is 4.50. The first-order valence-corrected chi connectivity index (χ1v) is 5.83. The second kappa shape index (κ2) is 5.58. The van der Waals surface area contributed by atoms with Gasteiger partial charge < -0.3 is 10.6 Å². The molecule has 0 spiro atoms. The van der Waals surface area contributed by atoms with E-state index in [1.807, 2.05) is 4.90 Å². The van der Waals surface area contributed by atoms with Crippen LogP contribution in [-0.4, -0.2) is 43.5 Å².